The van der Waals surface area contributed by atoms with E-state index in [1.165, 1.54) is 6.33 Å². The molecule has 22 heavy (non-hydrogen) atoms. The fourth-order valence-electron chi connectivity index (χ4n) is 1.86. The lowest BCUT2D eigenvalue weighted by atomic mass is 10.2. The molecule has 0 saturated carbocycles. The van der Waals surface area contributed by atoms with Crippen molar-refractivity contribution >= 4 is 5.91 Å². The molecule has 0 radical (unpaired) electrons. The molecule has 0 bridgehead atoms. The summed E-state index contributed by atoms with van der Waals surface area (Å²) in [6.07, 6.45) is 5.06. The third kappa shape index (κ3) is 4.92. The lowest BCUT2D eigenvalue weighted by Gasteiger charge is -2.10. The zero-order valence-corrected chi connectivity index (χ0v) is 12.9. The number of pyridine rings is 1. The van der Waals surface area contributed by atoms with Crippen LogP contribution in [0.2, 0.25) is 0 Å². The molecule has 2 heterocycles. The molecule has 0 unspecified atom stereocenters. The van der Waals surface area contributed by atoms with E-state index in [4.69, 9.17) is 4.74 Å². The first kappa shape index (κ1) is 16.1. The number of ether oxygens (including phenoxy) is 1. The van der Waals surface area contributed by atoms with E-state index in [1.54, 1.807) is 17.2 Å². The first-order valence-corrected chi connectivity index (χ1v) is 7.30. The predicted molar refractivity (Wildman–Crippen MR) is 81.3 cm³/mol. The minimum absolute atomic E-state index is 0.0443. The molecule has 0 aliphatic carbocycles. The van der Waals surface area contributed by atoms with E-state index in [0.29, 0.717) is 37.9 Å². The molecular formula is C15H21N5O2. The molecule has 0 aliphatic heterocycles. The maximum absolute atomic E-state index is 11.8. The number of nitrogens with zero attached hydrogens (tertiary/aromatic N) is 4. The maximum atomic E-state index is 11.8. The summed E-state index contributed by atoms with van der Waals surface area (Å²) in [6, 6.07) is 3.73. The van der Waals surface area contributed by atoms with Crippen molar-refractivity contribution in [3.63, 3.8) is 0 Å². The van der Waals surface area contributed by atoms with Crippen LogP contribution >= 0.6 is 0 Å². The molecule has 0 aromatic carbocycles. The third-order valence-electron chi connectivity index (χ3n) is 2.90. The van der Waals surface area contributed by atoms with Gasteiger partial charge in [0.2, 0.25) is 5.91 Å². The van der Waals surface area contributed by atoms with Gasteiger partial charge >= 0.3 is 0 Å². The minimum atomic E-state index is -0.0443. The molecule has 0 atom stereocenters. The summed E-state index contributed by atoms with van der Waals surface area (Å²) in [5.74, 6) is 1.09. The van der Waals surface area contributed by atoms with Crippen LogP contribution in [0.4, 0.5) is 0 Å². The molecule has 1 N–H and O–H groups in total. The molecule has 118 valence electrons. The SMILES string of the molecule is CC(C)COCCC(=O)NCc1cccnc1-n1cncn1. The van der Waals surface area contributed by atoms with Gasteiger partial charge in [-0.2, -0.15) is 5.10 Å². The largest absolute Gasteiger partial charge is 0.381 e. The Morgan fingerprint density at radius 1 is 1.45 bits per heavy atom. The van der Waals surface area contributed by atoms with Gasteiger partial charge in [0.1, 0.15) is 12.7 Å². The number of carbonyl (C=O) groups excluding carboxylic acids is 1. The van der Waals surface area contributed by atoms with E-state index in [9.17, 15) is 4.79 Å². The second-order valence-corrected chi connectivity index (χ2v) is 5.32. The van der Waals surface area contributed by atoms with E-state index in [-0.39, 0.29) is 5.91 Å². The zero-order chi connectivity index (χ0) is 15.8. The minimum Gasteiger partial charge on any atom is -0.381 e. The number of amides is 1. The molecular weight excluding hydrogens is 282 g/mol. The molecule has 0 saturated heterocycles. The average molecular weight is 303 g/mol. The van der Waals surface area contributed by atoms with Crippen LogP contribution in [0.15, 0.2) is 31.0 Å². The van der Waals surface area contributed by atoms with Crippen molar-refractivity contribution in [3.8, 4) is 5.82 Å². The third-order valence-corrected chi connectivity index (χ3v) is 2.90. The number of carbonyl (C=O) groups is 1. The van der Waals surface area contributed by atoms with Gasteiger partial charge in [0.15, 0.2) is 5.82 Å². The summed E-state index contributed by atoms with van der Waals surface area (Å²) in [5, 5.41) is 6.93. The molecule has 0 fully saturated rings. The number of nitrogens with one attached hydrogen (secondary N) is 1. The summed E-state index contributed by atoms with van der Waals surface area (Å²) < 4.78 is 6.98. The Balaban J connectivity index is 1.83. The van der Waals surface area contributed by atoms with Crippen molar-refractivity contribution in [1.29, 1.82) is 0 Å². The number of rotatable bonds is 8. The lowest BCUT2D eigenvalue weighted by molar-refractivity contribution is -0.122. The number of aromatic nitrogens is 4. The fraction of sp³-hybridized carbons (Fsp3) is 0.467. The van der Waals surface area contributed by atoms with E-state index >= 15 is 0 Å². The van der Waals surface area contributed by atoms with Crippen LogP contribution in [0.3, 0.4) is 0 Å². The summed E-state index contributed by atoms with van der Waals surface area (Å²) in [4.78, 5) is 20.0. The molecule has 2 aromatic rings. The van der Waals surface area contributed by atoms with Crippen LogP contribution in [0.25, 0.3) is 5.82 Å². The highest BCUT2D eigenvalue weighted by Crippen LogP contribution is 2.09. The van der Waals surface area contributed by atoms with Crippen LogP contribution < -0.4 is 5.32 Å². The molecule has 2 rings (SSSR count). The maximum Gasteiger partial charge on any atom is 0.222 e. The second-order valence-electron chi connectivity index (χ2n) is 5.32. The fourth-order valence-corrected chi connectivity index (χ4v) is 1.86. The Labute approximate surface area is 129 Å². The topological polar surface area (TPSA) is 81.9 Å². The quantitative estimate of drug-likeness (QED) is 0.744. The second kappa shape index (κ2) is 8.23. The average Bonchev–Trinajstić information content (AvgIpc) is 3.04. The van der Waals surface area contributed by atoms with Crippen molar-refractivity contribution in [2.24, 2.45) is 5.92 Å². The Bertz CT molecular complexity index is 583. The molecule has 1 amide bonds. The first-order valence-electron chi connectivity index (χ1n) is 7.30. The van der Waals surface area contributed by atoms with Gasteiger partial charge in [0.25, 0.3) is 0 Å². The van der Waals surface area contributed by atoms with Gasteiger partial charge in [-0.1, -0.05) is 19.9 Å². The summed E-state index contributed by atoms with van der Waals surface area (Å²) in [7, 11) is 0. The van der Waals surface area contributed by atoms with Crippen LogP contribution in [0.1, 0.15) is 25.8 Å². The van der Waals surface area contributed by atoms with E-state index < -0.39 is 0 Å². The number of hydrogen-bond acceptors (Lipinski definition) is 5. The standard InChI is InChI=1S/C15H21N5O2/c1-12(2)9-22-7-5-14(21)18-8-13-4-3-6-17-15(13)20-11-16-10-19-20/h3-4,6,10-12H,5,7-9H2,1-2H3,(H,18,21). The van der Waals surface area contributed by atoms with Gasteiger partial charge in [-0.05, 0) is 12.0 Å². The summed E-state index contributed by atoms with van der Waals surface area (Å²) >= 11 is 0. The molecule has 0 aliphatic rings. The van der Waals surface area contributed by atoms with Crippen molar-refractivity contribution < 1.29 is 9.53 Å². The van der Waals surface area contributed by atoms with Gasteiger partial charge in [-0.25, -0.2) is 14.6 Å². The van der Waals surface area contributed by atoms with Crippen molar-refractivity contribution in [3.05, 3.63) is 36.5 Å². The van der Waals surface area contributed by atoms with Gasteiger partial charge in [0.05, 0.1) is 6.61 Å². The normalized spacial score (nSPS) is 10.9. The lowest BCUT2D eigenvalue weighted by Crippen LogP contribution is -2.25. The Hall–Kier alpha value is -2.28. The van der Waals surface area contributed by atoms with Crippen LogP contribution in [0, 0.1) is 5.92 Å². The van der Waals surface area contributed by atoms with Crippen molar-refractivity contribution in [2.45, 2.75) is 26.8 Å². The van der Waals surface area contributed by atoms with Crippen LogP contribution in [0.5, 0.6) is 0 Å². The van der Waals surface area contributed by atoms with E-state index in [1.807, 2.05) is 12.1 Å². The molecule has 7 heteroatoms. The van der Waals surface area contributed by atoms with Crippen LogP contribution in [-0.2, 0) is 16.1 Å². The van der Waals surface area contributed by atoms with Gasteiger partial charge in [-0.15, -0.1) is 0 Å². The Morgan fingerprint density at radius 3 is 3.05 bits per heavy atom. The highest BCUT2D eigenvalue weighted by molar-refractivity contribution is 5.76. The van der Waals surface area contributed by atoms with E-state index in [2.05, 4.69) is 34.2 Å². The highest BCUT2D eigenvalue weighted by atomic mass is 16.5. The van der Waals surface area contributed by atoms with Crippen LogP contribution in [-0.4, -0.2) is 38.9 Å². The summed E-state index contributed by atoms with van der Waals surface area (Å²) in [6.45, 7) is 5.66. The van der Waals surface area contributed by atoms with E-state index in [0.717, 1.165) is 5.56 Å². The zero-order valence-electron chi connectivity index (χ0n) is 12.9. The van der Waals surface area contributed by atoms with Gasteiger partial charge < -0.3 is 10.1 Å². The molecule has 7 nitrogen and oxygen atoms in total. The molecule has 0 spiro atoms. The smallest absolute Gasteiger partial charge is 0.222 e. The highest BCUT2D eigenvalue weighted by Gasteiger charge is 2.08. The predicted octanol–water partition coefficient (Wildman–Crippen LogP) is 1.34. The number of hydrogen-bond donors (Lipinski definition) is 1. The molecule has 2 aromatic heterocycles. The Kier molecular flexibility index (Phi) is 6.02. The van der Waals surface area contributed by atoms with Gasteiger partial charge in [-0.3, -0.25) is 4.79 Å². The first-order chi connectivity index (χ1) is 10.7. The summed E-state index contributed by atoms with van der Waals surface area (Å²) in [5.41, 5.74) is 0.879. The Morgan fingerprint density at radius 2 is 2.32 bits per heavy atom. The van der Waals surface area contributed by atoms with Crippen molar-refractivity contribution in [1.82, 2.24) is 25.1 Å². The van der Waals surface area contributed by atoms with Gasteiger partial charge in [0, 0.05) is 31.3 Å². The monoisotopic (exact) mass is 303 g/mol. The van der Waals surface area contributed by atoms with Crippen molar-refractivity contribution in [2.75, 3.05) is 13.2 Å².